The summed E-state index contributed by atoms with van der Waals surface area (Å²) in [5, 5.41) is 70.2. The largest absolute Gasteiger partial charge is 0.508 e. The molecule has 1 aliphatic rings. The number of rotatable bonds is 6. The summed E-state index contributed by atoms with van der Waals surface area (Å²) in [4.78, 5) is 24.4. The normalized spacial score (nSPS) is 22.7. The molecule has 5 rings (SSSR count). The summed E-state index contributed by atoms with van der Waals surface area (Å²) in [5.74, 6) is -4.11. The van der Waals surface area contributed by atoms with Crippen LogP contribution in [0.4, 0.5) is 0 Å². The Bertz CT molecular complexity index is 1690. The number of aliphatic carboxylic acids is 1. The third-order valence-electron chi connectivity index (χ3n) is 6.54. The number of ether oxygens (including phenoxy) is 2. The second kappa shape index (κ2) is 10.9. The van der Waals surface area contributed by atoms with Crippen LogP contribution in [0.1, 0.15) is 11.1 Å². The Kier molecular flexibility index (Phi) is 7.39. The smallest absolute Gasteiger partial charge is 0.335 e. The van der Waals surface area contributed by atoms with Crippen molar-refractivity contribution in [3.63, 3.8) is 0 Å². The number of aromatic hydroxyl groups is 3. The molecule has 0 spiro atoms. The molecule has 0 bridgehead atoms. The fourth-order valence-corrected chi connectivity index (χ4v) is 4.43. The third-order valence-corrected chi connectivity index (χ3v) is 6.54. The zero-order valence-corrected chi connectivity index (χ0v) is 21.0. The van der Waals surface area contributed by atoms with Crippen molar-refractivity contribution in [3.05, 3.63) is 82.0 Å². The molecule has 1 saturated heterocycles. The van der Waals surface area contributed by atoms with E-state index in [0.717, 1.165) is 17.7 Å². The molecule has 12 heteroatoms. The molecule has 0 aliphatic carbocycles. The highest BCUT2D eigenvalue weighted by Gasteiger charge is 2.48. The van der Waals surface area contributed by atoms with E-state index in [0.29, 0.717) is 11.1 Å². The second-order valence-corrected chi connectivity index (χ2v) is 9.29. The highest BCUT2D eigenvalue weighted by Crippen LogP contribution is 2.43. The van der Waals surface area contributed by atoms with Crippen LogP contribution in [0.3, 0.4) is 0 Å². The first-order valence-corrected chi connectivity index (χ1v) is 12.2. The van der Waals surface area contributed by atoms with Crippen LogP contribution in [0.2, 0.25) is 0 Å². The maximum absolute atomic E-state index is 13.0. The lowest BCUT2D eigenvalue weighted by molar-refractivity contribution is -0.271. The van der Waals surface area contributed by atoms with Crippen molar-refractivity contribution in [2.75, 3.05) is 0 Å². The predicted molar refractivity (Wildman–Crippen MR) is 143 cm³/mol. The Balaban J connectivity index is 1.57. The Hall–Kier alpha value is -4.88. The molecule has 5 atom stereocenters. The average Bonchev–Trinajstić information content (AvgIpc) is 2.94. The van der Waals surface area contributed by atoms with Gasteiger partial charge in [-0.15, -0.1) is 0 Å². The van der Waals surface area contributed by atoms with Gasteiger partial charge in [-0.1, -0.05) is 42.5 Å². The van der Waals surface area contributed by atoms with Crippen molar-refractivity contribution < 1.29 is 54.4 Å². The van der Waals surface area contributed by atoms with E-state index in [2.05, 4.69) is 0 Å². The number of aliphatic hydroxyl groups is 3. The van der Waals surface area contributed by atoms with Gasteiger partial charge >= 0.3 is 5.97 Å². The molecule has 1 aliphatic heterocycles. The van der Waals surface area contributed by atoms with E-state index in [1.807, 2.05) is 30.3 Å². The quantitative estimate of drug-likeness (QED) is 0.133. The Morgan fingerprint density at radius 1 is 0.854 bits per heavy atom. The van der Waals surface area contributed by atoms with Gasteiger partial charge in [0.15, 0.2) is 23.0 Å². The molecule has 0 amide bonds. The van der Waals surface area contributed by atoms with Gasteiger partial charge < -0.3 is 49.6 Å². The minimum atomic E-state index is -1.98. The molecule has 4 aromatic rings. The third kappa shape index (κ3) is 5.32. The van der Waals surface area contributed by atoms with E-state index in [-0.39, 0.29) is 17.1 Å². The van der Waals surface area contributed by atoms with Gasteiger partial charge in [-0.2, -0.15) is 0 Å². The zero-order valence-electron chi connectivity index (χ0n) is 21.0. The van der Waals surface area contributed by atoms with Gasteiger partial charge in [0.2, 0.25) is 12.0 Å². The standard InChI is InChI=1S/C29H24O12/c30-15-8-9-16(14(10-15)7-6-13-4-2-1-3-5-13)18-11-17(31)21-19(39-18)12-20(22(32)23(21)33)40-29-26(36)24(34)25(35)27(41-29)28(37)38/h1-12,24-27,29-30,32-36H,(H,37,38). The molecule has 0 radical (unpaired) electrons. The molecule has 1 fully saturated rings. The maximum Gasteiger partial charge on any atom is 0.335 e. The molecule has 7 N–H and O–H groups in total. The summed E-state index contributed by atoms with van der Waals surface area (Å²) in [5.41, 5.74) is 0.770. The first-order chi connectivity index (χ1) is 19.5. The van der Waals surface area contributed by atoms with Gasteiger partial charge in [0.25, 0.3) is 0 Å². The number of hydrogen-bond donors (Lipinski definition) is 7. The van der Waals surface area contributed by atoms with Crippen LogP contribution < -0.4 is 10.2 Å². The van der Waals surface area contributed by atoms with Gasteiger partial charge in [-0.25, -0.2) is 4.79 Å². The van der Waals surface area contributed by atoms with Crippen molar-refractivity contribution in [1.29, 1.82) is 0 Å². The number of benzene rings is 3. The van der Waals surface area contributed by atoms with E-state index in [1.54, 1.807) is 12.2 Å². The molecule has 41 heavy (non-hydrogen) atoms. The maximum atomic E-state index is 13.0. The van der Waals surface area contributed by atoms with Crippen molar-refractivity contribution in [2.24, 2.45) is 0 Å². The fourth-order valence-electron chi connectivity index (χ4n) is 4.43. The molecule has 2 heterocycles. The van der Waals surface area contributed by atoms with E-state index in [4.69, 9.17) is 13.9 Å². The van der Waals surface area contributed by atoms with Crippen molar-refractivity contribution in [2.45, 2.75) is 30.7 Å². The number of aliphatic hydroxyl groups excluding tert-OH is 3. The molecule has 3 aromatic carbocycles. The number of carbonyl (C=O) groups is 1. The minimum Gasteiger partial charge on any atom is -0.508 e. The van der Waals surface area contributed by atoms with Crippen LogP contribution >= 0.6 is 0 Å². The lowest BCUT2D eigenvalue weighted by Crippen LogP contribution is -2.61. The first-order valence-electron chi connectivity index (χ1n) is 12.2. The molecule has 1 aromatic heterocycles. The minimum absolute atomic E-state index is 0.0321. The van der Waals surface area contributed by atoms with Crippen LogP contribution in [0.5, 0.6) is 23.0 Å². The number of phenolic OH excluding ortho intramolecular Hbond substituents is 3. The SMILES string of the molecule is O=C(O)C1OC(Oc2cc3oc(-c4ccc(O)cc4C=Cc4ccccc4)cc(=O)c3c(O)c2O)C(O)C(O)C1O. The zero-order chi connectivity index (χ0) is 29.4. The molecular formula is C29H24O12. The van der Waals surface area contributed by atoms with E-state index in [9.17, 15) is 45.3 Å². The van der Waals surface area contributed by atoms with Crippen LogP contribution in [0.15, 0.2) is 69.9 Å². The number of carboxylic acids is 1. The topological polar surface area (TPSA) is 207 Å². The van der Waals surface area contributed by atoms with Crippen LogP contribution in [0, 0.1) is 0 Å². The molecule has 12 nitrogen and oxygen atoms in total. The summed E-state index contributed by atoms with van der Waals surface area (Å²) < 4.78 is 16.3. The summed E-state index contributed by atoms with van der Waals surface area (Å²) in [6.45, 7) is 0. The number of fused-ring (bicyclic) bond motifs is 1. The van der Waals surface area contributed by atoms with E-state index >= 15 is 0 Å². The number of hydrogen-bond acceptors (Lipinski definition) is 11. The van der Waals surface area contributed by atoms with Crippen LogP contribution in [0.25, 0.3) is 34.4 Å². The van der Waals surface area contributed by atoms with Gasteiger partial charge in [0, 0.05) is 17.7 Å². The molecule has 0 saturated carbocycles. The van der Waals surface area contributed by atoms with E-state index in [1.165, 1.54) is 18.2 Å². The van der Waals surface area contributed by atoms with Crippen molar-refractivity contribution in [1.82, 2.24) is 0 Å². The lowest BCUT2D eigenvalue weighted by Gasteiger charge is -2.38. The van der Waals surface area contributed by atoms with Gasteiger partial charge in [-0.05, 0) is 29.3 Å². The monoisotopic (exact) mass is 564 g/mol. The van der Waals surface area contributed by atoms with Crippen molar-refractivity contribution >= 4 is 29.1 Å². The Morgan fingerprint density at radius 3 is 2.29 bits per heavy atom. The summed E-state index contributed by atoms with van der Waals surface area (Å²) in [7, 11) is 0. The average molecular weight is 564 g/mol. The Morgan fingerprint density at radius 2 is 1.59 bits per heavy atom. The Labute approximate surface area is 230 Å². The molecule has 5 unspecified atom stereocenters. The van der Waals surface area contributed by atoms with Crippen LogP contribution in [-0.2, 0) is 9.53 Å². The summed E-state index contributed by atoms with van der Waals surface area (Å²) in [6, 6.07) is 15.8. The molecule has 212 valence electrons. The van der Waals surface area contributed by atoms with Crippen molar-refractivity contribution in [3.8, 4) is 34.3 Å². The van der Waals surface area contributed by atoms with Gasteiger partial charge in [0.05, 0.1) is 0 Å². The summed E-state index contributed by atoms with van der Waals surface area (Å²) in [6.07, 6.45) is -6.29. The molecular weight excluding hydrogens is 540 g/mol. The van der Waals surface area contributed by atoms with Crippen LogP contribution in [-0.4, -0.2) is 72.4 Å². The second-order valence-electron chi connectivity index (χ2n) is 9.29. The number of carboxylic acid groups (broad SMARTS) is 1. The highest BCUT2D eigenvalue weighted by molar-refractivity contribution is 5.90. The van der Waals surface area contributed by atoms with E-state index < -0.39 is 64.7 Å². The summed E-state index contributed by atoms with van der Waals surface area (Å²) >= 11 is 0. The van der Waals surface area contributed by atoms with Gasteiger partial charge in [-0.3, -0.25) is 4.79 Å². The number of phenols is 3. The highest BCUT2D eigenvalue weighted by atomic mass is 16.7. The fraction of sp³-hybridized carbons (Fsp3) is 0.172. The predicted octanol–water partition coefficient (Wildman–Crippen LogP) is 2.02. The van der Waals surface area contributed by atoms with Gasteiger partial charge in [0.1, 0.15) is 40.8 Å². The lowest BCUT2D eigenvalue weighted by atomic mass is 9.99. The first kappa shape index (κ1) is 27.7.